The smallest absolute Gasteiger partial charge is 0.193 e. The third-order valence-electron chi connectivity index (χ3n) is 5.13. The maximum absolute atomic E-state index is 4.47. The van der Waals surface area contributed by atoms with Gasteiger partial charge >= 0.3 is 0 Å². The number of hydrogen-bond donors (Lipinski definition) is 1. The molecule has 1 aromatic rings. The number of hydrogen-bond acceptors (Lipinski definition) is 2. The van der Waals surface area contributed by atoms with Crippen molar-refractivity contribution in [1.82, 2.24) is 10.2 Å². The zero-order valence-electron chi connectivity index (χ0n) is 14.7. The Labute approximate surface area is 157 Å². The highest BCUT2D eigenvalue weighted by Gasteiger charge is 2.34. The maximum Gasteiger partial charge on any atom is 0.193 e. The Hall–Kier alpha value is -0.980. The molecule has 1 N–H and O–H groups in total. The van der Waals surface area contributed by atoms with E-state index < -0.39 is 0 Å². The van der Waals surface area contributed by atoms with Crippen molar-refractivity contribution >= 4 is 35.6 Å². The van der Waals surface area contributed by atoms with Crippen LogP contribution < -0.4 is 10.2 Å². The molecule has 2 atom stereocenters. The Morgan fingerprint density at radius 1 is 1.17 bits per heavy atom. The molecule has 0 radical (unpaired) electrons. The minimum Gasteiger partial charge on any atom is -0.368 e. The number of halogens is 1. The molecule has 4 nitrogen and oxygen atoms in total. The van der Waals surface area contributed by atoms with Gasteiger partial charge in [0.2, 0.25) is 0 Å². The number of guanidine groups is 1. The lowest BCUT2D eigenvalue weighted by Crippen LogP contribution is -2.53. The van der Waals surface area contributed by atoms with Crippen LogP contribution in [0.25, 0.3) is 0 Å². The first-order valence-corrected chi connectivity index (χ1v) is 8.39. The Morgan fingerprint density at radius 3 is 2.39 bits per heavy atom. The molecule has 1 saturated heterocycles. The largest absolute Gasteiger partial charge is 0.368 e. The predicted octanol–water partition coefficient (Wildman–Crippen LogP) is 3.03. The van der Waals surface area contributed by atoms with Crippen molar-refractivity contribution in [2.45, 2.75) is 33.2 Å². The van der Waals surface area contributed by atoms with E-state index in [9.17, 15) is 0 Å². The SMILES string of the molecule is CN=C(NC1CC1C)N1CCN(c2cccc(C)c2C)CC1.I. The van der Waals surface area contributed by atoms with Gasteiger partial charge in [-0.1, -0.05) is 19.1 Å². The molecule has 0 amide bonds. The van der Waals surface area contributed by atoms with Crippen LogP contribution in [0.4, 0.5) is 5.69 Å². The molecule has 1 aliphatic carbocycles. The van der Waals surface area contributed by atoms with Gasteiger partial charge in [0.05, 0.1) is 0 Å². The van der Waals surface area contributed by atoms with Crippen LogP contribution in [0.1, 0.15) is 24.5 Å². The van der Waals surface area contributed by atoms with Gasteiger partial charge in [-0.15, -0.1) is 24.0 Å². The third-order valence-corrected chi connectivity index (χ3v) is 5.13. The predicted molar refractivity (Wildman–Crippen MR) is 109 cm³/mol. The van der Waals surface area contributed by atoms with Crippen LogP contribution in [0.15, 0.2) is 23.2 Å². The highest BCUT2D eigenvalue weighted by molar-refractivity contribution is 14.0. The van der Waals surface area contributed by atoms with E-state index in [-0.39, 0.29) is 24.0 Å². The molecule has 0 bridgehead atoms. The maximum atomic E-state index is 4.47. The van der Waals surface area contributed by atoms with Gasteiger partial charge in [0.15, 0.2) is 5.96 Å². The summed E-state index contributed by atoms with van der Waals surface area (Å²) in [5, 5.41) is 3.59. The molecule has 1 aliphatic heterocycles. The highest BCUT2D eigenvalue weighted by atomic mass is 127. The van der Waals surface area contributed by atoms with E-state index in [0.29, 0.717) is 6.04 Å². The first-order valence-electron chi connectivity index (χ1n) is 8.39. The van der Waals surface area contributed by atoms with Crippen molar-refractivity contribution in [1.29, 1.82) is 0 Å². The summed E-state index contributed by atoms with van der Waals surface area (Å²) >= 11 is 0. The molecule has 128 valence electrons. The molecule has 1 aromatic carbocycles. The quantitative estimate of drug-likeness (QED) is 0.447. The summed E-state index contributed by atoms with van der Waals surface area (Å²) in [7, 11) is 1.90. The van der Waals surface area contributed by atoms with E-state index in [0.717, 1.165) is 38.1 Å². The molecule has 2 aliphatic rings. The molecule has 1 heterocycles. The van der Waals surface area contributed by atoms with Crippen LogP contribution in [0.5, 0.6) is 0 Å². The summed E-state index contributed by atoms with van der Waals surface area (Å²) < 4.78 is 0. The zero-order valence-corrected chi connectivity index (χ0v) is 17.0. The highest BCUT2D eigenvalue weighted by Crippen LogP contribution is 2.29. The minimum absolute atomic E-state index is 0. The summed E-state index contributed by atoms with van der Waals surface area (Å²) in [5.74, 6) is 1.88. The number of nitrogens with one attached hydrogen (secondary N) is 1. The van der Waals surface area contributed by atoms with Crippen LogP contribution in [0, 0.1) is 19.8 Å². The van der Waals surface area contributed by atoms with Gasteiger partial charge in [-0.2, -0.15) is 0 Å². The molecule has 3 rings (SSSR count). The lowest BCUT2D eigenvalue weighted by Gasteiger charge is -2.38. The Balaban J connectivity index is 0.00000192. The van der Waals surface area contributed by atoms with Crippen molar-refractivity contribution in [2.75, 3.05) is 38.1 Å². The Morgan fingerprint density at radius 2 is 1.83 bits per heavy atom. The minimum atomic E-state index is 0. The molecule has 2 unspecified atom stereocenters. The van der Waals surface area contributed by atoms with Crippen molar-refractivity contribution in [3.8, 4) is 0 Å². The molecule has 1 saturated carbocycles. The second kappa shape index (κ2) is 7.73. The summed E-state index contributed by atoms with van der Waals surface area (Å²) in [6, 6.07) is 7.24. The topological polar surface area (TPSA) is 30.9 Å². The fourth-order valence-electron chi connectivity index (χ4n) is 3.22. The van der Waals surface area contributed by atoms with Crippen LogP contribution in [-0.2, 0) is 0 Å². The van der Waals surface area contributed by atoms with Gasteiger partial charge in [0, 0.05) is 45.0 Å². The summed E-state index contributed by atoms with van der Waals surface area (Å²) in [6.07, 6.45) is 1.28. The zero-order chi connectivity index (χ0) is 15.7. The fourth-order valence-corrected chi connectivity index (χ4v) is 3.22. The first-order chi connectivity index (χ1) is 10.6. The summed E-state index contributed by atoms with van der Waals surface area (Å²) in [6.45, 7) is 10.9. The molecule has 2 fully saturated rings. The molecular weight excluding hydrogens is 399 g/mol. The monoisotopic (exact) mass is 428 g/mol. The lowest BCUT2D eigenvalue weighted by atomic mass is 10.1. The second-order valence-corrected chi connectivity index (χ2v) is 6.70. The summed E-state index contributed by atoms with van der Waals surface area (Å²) in [4.78, 5) is 9.37. The fraction of sp³-hybridized carbons (Fsp3) is 0.611. The number of benzene rings is 1. The van der Waals surface area contributed by atoms with Crippen molar-refractivity contribution in [3.63, 3.8) is 0 Å². The molecular formula is C18H29IN4. The van der Waals surface area contributed by atoms with E-state index in [1.165, 1.54) is 23.2 Å². The lowest BCUT2D eigenvalue weighted by molar-refractivity contribution is 0.371. The van der Waals surface area contributed by atoms with Crippen LogP contribution in [0.2, 0.25) is 0 Å². The van der Waals surface area contributed by atoms with Gasteiger partial charge in [0.1, 0.15) is 0 Å². The van der Waals surface area contributed by atoms with Crippen molar-refractivity contribution in [2.24, 2.45) is 10.9 Å². The van der Waals surface area contributed by atoms with Gasteiger partial charge in [-0.3, -0.25) is 4.99 Å². The average molecular weight is 428 g/mol. The van der Waals surface area contributed by atoms with Gasteiger partial charge in [-0.25, -0.2) is 0 Å². The van der Waals surface area contributed by atoms with E-state index in [2.05, 4.69) is 59.1 Å². The summed E-state index contributed by atoms with van der Waals surface area (Å²) in [5.41, 5.74) is 4.17. The van der Waals surface area contributed by atoms with Crippen molar-refractivity contribution in [3.05, 3.63) is 29.3 Å². The average Bonchev–Trinajstić information content (AvgIpc) is 3.23. The number of rotatable bonds is 2. The number of anilines is 1. The Kier molecular flexibility index (Phi) is 6.17. The molecule has 0 aromatic heterocycles. The number of aryl methyl sites for hydroxylation is 1. The number of piperazine rings is 1. The van der Waals surface area contributed by atoms with Crippen LogP contribution in [0.3, 0.4) is 0 Å². The van der Waals surface area contributed by atoms with Gasteiger partial charge in [-0.05, 0) is 43.4 Å². The van der Waals surface area contributed by atoms with Gasteiger partial charge in [0.25, 0.3) is 0 Å². The van der Waals surface area contributed by atoms with E-state index in [4.69, 9.17) is 0 Å². The van der Waals surface area contributed by atoms with E-state index in [1.54, 1.807) is 0 Å². The normalized spacial score (nSPS) is 24.3. The third kappa shape index (κ3) is 4.11. The van der Waals surface area contributed by atoms with E-state index >= 15 is 0 Å². The number of aliphatic imine (C=N–C) groups is 1. The molecule has 5 heteroatoms. The Bertz CT molecular complexity index is 564. The standard InChI is InChI=1S/C18H28N4.HI/c1-13-6-5-7-17(15(13)3)21-8-10-22(11-9-21)18(19-4)20-16-12-14(16)2;/h5-7,14,16H,8-12H2,1-4H3,(H,19,20);1H. The number of nitrogens with zero attached hydrogens (tertiary/aromatic N) is 3. The van der Waals surface area contributed by atoms with E-state index in [1.807, 2.05) is 7.05 Å². The van der Waals surface area contributed by atoms with Crippen molar-refractivity contribution < 1.29 is 0 Å². The first kappa shape index (κ1) is 18.4. The molecule has 0 spiro atoms. The second-order valence-electron chi connectivity index (χ2n) is 6.70. The van der Waals surface area contributed by atoms with Gasteiger partial charge < -0.3 is 15.1 Å². The van der Waals surface area contributed by atoms with Crippen LogP contribution >= 0.6 is 24.0 Å². The van der Waals surface area contributed by atoms with Crippen LogP contribution in [-0.4, -0.2) is 50.1 Å². The molecule has 23 heavy (non-hydrogen) atoms.